The number of carboxylic acids is 1. The lowest BCUT2D eigenvalue weighted by Gasteiger charge is -2.18. The number of carbonyl (C=O) groups excluding carboxylic acids is 2. The third kappa shape index (κ3) is 5.41. The van der Waals surface area contributed by atoms with Gasteiger partial charge >= 0.3 is 5.97 Å². The fourth-order valence-corrected chi connectivity index (χ4v) is 2.66. The van der Waals surface area contributed by atoms with Gasteiger partial charge in [-0.25, -0.2) is 4.79 Å². The van der Waals surface area contributed by atoms with Crippen molar-refractivity contribution in [2.24, 2.45) is 0 Å². The van der Waals surface area contributed by atoms with Crippen molar-refractivity contribution < 1.29 is 19.5 Å². The highest BCUT2D eigenvalue weighted by atomic mass is 16.4. The van der Waals surface area contributed by atoms with E-state index in [1.165, 1.54) is 11.0 Å². The molecule has 6 heteroatoms. The van der Waals surface area contributed by atoms with Crippen LogP contribution in [-0.4, -0.2) is 36.0 Å². The first-order valence-corrected chi connectivity index (χ1v) is 8.91. The van der Waals surface area contributed by atoms with Gasteiger partial charge in [0.25, 0.3) is 11.8 Å². The third-order valence-corrected chi connectivity index (χ3v) is 4.27. The van der Waals surface area contributed by atoms with E-state index >= 15 is 0 Å². The molecule has 1 atom stereocenters. The predicted molar refractivity (Wildman–Crippen MR) is 104 cm³/mol. The van der Waals surface area contributed by atoms with Crippen molar-refractivity contribution in [1.82, 2.24) is 5.32 Å². The van der Waals surface area contributed by atoms with E-state index in [0.717, 1.165) is 12.1 Å². The summed E-state index contributed by atoms with van der Waals surface area (Å²) in [6.07, 6.45) is 1.92. The number of aliphatic carboxylic acids is 1. The summed E-state index contributed by atoms with van der Waals surface area (Å²) in [5.41, 5.74) is 1.35. The molecule has 2 amide bonds. The number of carbonyl (C=O) groups is 3. The van der Waals surface area contributed by atoms with Gasteiger partial charge in [0.15, 0.2) is 0 Å². The third-order valence-electron chi connectivity index (χ3n) is 4.27. The standard InChI is InChI=1S/C21H24N2O4/c1-3-4-13-18(21(26)27)22-19(24)15-9-8-10-16(14-15)20(25)23(2)17-11-6-5-7-12-17/h5-12,14,18H,3-4,13H2,1-2H3,(H,22,24)(H,26,27)/t18-/m0/s1. The van der Waals surface area contributed by atoms with Gasteiger partial charge < -0.3 is 15.3 Å². The van der Waals surface area contributed by atoms with Gasteiger partial charge in [0.1, 0.15) is 6.04 Å². The fraction of sp³-hybridized carbons (Fsp3) is 0.286. The Kier molecular flexibility index (Phi) is 7.11. The van der Waals surface area contributed by atoms with Gasteiger partial charge in [-0.05, 0) is 36.8 Å². The topological polar surface area (TPSA) is 86.7 Å². The molecule has 0 unspecified atom stereocenters. The van der Waals surface area contributed by atoms with Gasteiger partial charge in [-0.2, -0.15) is 0 Å². The van der Waals surface area contributed by atoms with Crippen LogP contribution in [-0.2, 0) is 4.79 Å². The normalized spacial score (nSPS) is 11.5. The van der Waals surface area contributed by atoms with Crippen molar-refractivity contribution in [2.45, 2.75) is 32.2 Å². The van der Waals surface area contributed by atoms with Gasteiger partial charge in [-0.15, -0.1) is 0 Å². The number of rotatable bonds is 8. The van der Waals surface area contributed by atoms with E-state index in [-0.39, 0.29) is 11.5 Å². The van der Waals surface area contributed by atoms with E-state index in [0.29, 0.717) is 18.4 Å². The van der Waals surface area contributed by atoms with E-state index in [1.807, 2.05) is 37.3 Å². The average molecular weight is 368 g/mol. The SMILES string of the molecule is CCCC[C@H](NC(=O)c1cccc(C(=O)N(C)c2ccccc2)c1)C(=O)O. The first kappa shape index (κ1) is 20.2. The van der Waals surface area contributed by atoms with E-state index in [2.05, 4.69) is 5.32 Å². The Morgan fingerprint density at radius 3 is 2.33 bits per heavy atom. The van der Waals surface area contributed by atoms with Crippen molar-refractivity contribution >= 4 is 23.5 Å². The van der Waals surface area contributed by atoms with Crippen LogP contribution in [0.5, 0.6) is 0 Å². The first-order valence-electron chi connectivity index (χ1n) is 8.91. The maximum absolute atomic E-state index is 12.7. The molecule has 27 heavy (non-hydrogen) atoms. The van der Waals surface area contributed by atoms with Gasteiger partial charge in [-0.1, -0.05) is 44.0 Å². The average Bonchev–Trinajstić information content (AvgIpc) is 2.70. The molecular weight excluding hydrogens is 344 g/mol. The number of nitrogens with one attached hydrogen (secondary N) is 1. The largest absolute Gasteiger partial charge is 0.480 e. The molecule has 6 nitrogen and oxygen atoms in total. The Morgan fingerprint density at radius 1 is 1.04 bits per heavy atom. The van der Waals surface area contributed by atoms with Crippen LogP contribution >= 0.6 is 0 Å². The molecule has 0 spiro atoms. The molecule has 2 N–H and O–H groups in total. The van der Waals surface area contributed by atoms with E-state index < -0.39 is 17.9 Å². The number of nitrogens with zero attached hydrogens (tertiary/aromatic N) is 1. The summed E-state index contributed by atoms with van der Waals surface area (Å²) >= 11 is 0. The second-order valence-corrected chi connectivity index (χ2v) is 6.29. The van der Waals surface area contributed by atoms with Crippen molar-refractivity contribution in [3.8, 4) is 0 Å². The molecule has 0 aliphatic rings. The number of amides is 2. The molecule has 2 aromatic carbocycles. The van der Waals surface area contributed by atoms with E-state index in [9.17, 15) is 19.5 Å². The van der Waals surface area contributed by atoms with Crippen LogP contribution in [0, 0.1) is 0 Å². The Labute approximate surface area is 158 Å². The molecule has 142 valence electrons. The van der Waals surface area contributed by atoms with Crippen LogP contribution in [0.25, 0.3) is 0 Å². The van der Waals surface area contributed by atoms with Gasteiger partial charge in [0, 0.05) is 23.9 Å². The minimum absolute atomic E-state index is 0.253. The second kappa shape index (κ2) is 9.52. The van der Waals surface area contributed by atoms with Crippen LogP contribution in [0.3, 0.4) is 0 Å². The summed E-state index contributed by atoms with van der Waals surface area (Å²) in [6.45, 7) is 1.96. The van der Waals surface area contributed by atoms with Crippen molar-refractivity contribution in [1.29, 1.82) is 0 Å². The molecule has 0 aliphatic heterocycles. The summed E-state index contributed by atoms with van der Waals surface area (Å²) < 4.78 is 0. The quantitative estimate of drug-likeness (QED) is 0.748. The van der Waals surface area contributed by atoms with Crippen LogP contribution < -0.4 is 10.2 Å². The molecule has 2 aromatic rings. The van der Waals surface area contributed by atoms with Crippen LogP contribution in [0.4, 0.5) is 5.69 Å². The van der Waals surface area contributed by atoms with Crippen molar-refractivity contribution in [3.63, 3.8) is 0 Å². The van der Waals surface area contributed by atoms with Gasteiger partial charge in [-0.3, -0.25) is 9.59 Å². The Morgan fingerprint density at radius 2 is 1.70 bits per heavy atom. The summed E-state index contributed by atoms with van der Waals surface area (Å²) in [7, 11) is 1.66. The maximum atomic E-state index is 12.7. The molecule has 0 saturated carbocycles. The molecule has 0 fully saturated rings. The van der Waals surface area contributed by atoms with Crippen LogP contribution in [0.15, 0.2) is 54.6 Å². The van der Waals surface area contributed by atoms with Crippen molar-refractivity contribution in [2.75, 3.05) is 11.9 Å². The molecule has 0 aliphatic carbocycles. The Bertz CT molecular complexity index is 805. The molecule has 0 aromatic heterocycles. The lowest BCUT2D eigenvalue weighted by atomic mass is 10.1. The molecule has 0 saturated heterocycles. The number of anilines is 1. The zero-order valence-corrected chi connectivity index (χ0v) is 15.5. The fourth-order valence-electron chi connectivity index (χ4n) is 2.66. The van der Waals surface area contributed by atoms with Crippen molar-refractivity contribution in [3.05, 3.63) is 65.7 Å². The molecule has 0 radical (unpaired) electrons. The zero-order chi connectivity index (χ0) is 19.8. The summed E-state index contributed by atoms with van der Waals surface area (Å²) in [4.78, 5) is 37.9. The Hall–Kier alpha value is -3.15. The number of hydrogen-bond donors (Lipinski definition) is 2. The summed E-state index contributed by atoms with van der Waals surface area (Å²) in [5, 5.41) is 11.8. The van der Waals surface area contributed by atoms with Crippen LogP contribution in [0.1, 0.15) is 46.9 Å². The minimum atomic E-state index is -1.06. The molecular formula is C21H24N2O4. The monoisotopic (exact) mass is 368 g/mol. The minimum Gasteiger partial charge on any atom is -0.480 e. The number of benzene rings is 2. The van der Waals surface area contributed by atoms with E-state index in [1.54, 1.807) is 25.2 Å². The number of hydrogen-bond acceptors (Lipinski definition) is 3. The van der Waals surface area contributed by atoms with Crippen LogP contribution in [0.2, 0.25) is 0 Å². The summed E-state index contributed by atoms with van der Waals surface area (Å²) in [6, 6.07) is 14.5. The highest BCUT2D eigenvalue weighted by Gasteiger charge is 2.21. The summed E-state index contributed by atoms with van der Waals surface area (Å²) in [5.74, 6) is -1.82. The second-order valence-electron chi connectivity index (χ2n) is 6.29. The molecule has 2 rings (SSSR count). The highest BCUT2D eigenvalue weighted by molar-refractivity contribution is 6.07. The maximum Gasteiger partial charge on any atom is 0.326 e. The smallest absolute Gasteiger partial charge is 0.326 e. The molecule has 0 bridgehead atoms. The number of unbranched alkanes of at least 4 members (excludes halogenated alkanes) is 1. The lowest BCUT2D eigenvalue weighted by molar-refractivity contribution is -0.139. The van der Waals surface area contributed by atoms with Gasteiger partial charge in [0.05, 0.1) is 0 Å². The van der Waals surface area contributed by atoms with E-state index in [4.69, 9.17) is 0 Å². The lowest BCUT2D eigenvalue weighted by Crippen LogP contribution is -2.40. The predicted octanol–water partition coefficient (Wildman–Crippen LogP) is 3.34. The first-order chi connectivity index (χ1) is 12.9. The Balaban J connectivity index is 2.15. The van der Waals surface area contributed by atoms with Gasteiger partial charge in [0.2, 0.25) is 0 Å². The molecule has 0 heterocycles. The number of carboxylic acid groups (broad SMARTS) is 1. The number of para-hydroxylation sites is 1. The zero-order valence-electron chi connectivity index (χ0n) is 15.5. The highest BCUT2D eigenvalue weighted by Crippen LogP contribution is 2.16.